The fourth-order valence-electron chi connectivity index (χ4n) is 1.24. The van der Waals surface area contributed by atoms with Crippen molar-refractivity contribution in [2.75, 3.05) is 11.9 Å². The molecule has 0 aromatic heterocycles. The summed E-state index contributed by atoms with van der Waals surface area (Å²) in [5.74, 6) is 0.116. The Morgan fingerprint density at radius 3 is 2.36 bits per heavy atom. The highest BCUT2D eigenvalue weighted by Gasteiger charge is 2.07. The number of hydrogen-bond donors (Lipinski definition) is 1. The molecule has 0 radical (unpaired) electrons. The second-order valence-corrected chi connectivity index (χ2v) is 3.18. The van der Waals surface area contributed by atoms with E-state index in [9.17, 15) is 4.79 Å². The van der Waals surface area contributed by atoms with Crippen molar-refractivity contribution >= 4 is 11.6 Å². The molecule has 0 saturated carbocycles. The van der Waals surface area contributed by atoms with Gasteiger partial charge in [-0.05, 0) is 17.7 Å². The maximum atomic E-state index is 11.4. The van der Waals surface area contributed by atoms with Gasteiger partial charge in [0.05, 0.1) is 0 Å². The van der Waals surface area contributed by atoms with E-state index in [0.29, 0.717) is 13.0 Å². The maximum absolute atomic E-state index is 11.4. The SMILES string of the molecule is CCC(=O)N(C)c1ccc(CN)cc1. The molecular weight excluding hydrogens is 176 g/mol. The van der Waals surface area contributed by atoms with Crippen molar-refractivity contribution in [3.05, 3.63) is 29.8 Å². The topological polar surface area (TPSA) is 46.3 Å². The van der Waals surface area contributed by atoms with E-state index < -0.39 is 0 Å². The lowest BCUT2D eigenvalue weighted by atomic mass is 10.2. The zero-order chi connectivity index (χ0) is 10.6. The zero-order valence-electron chi connectivity index (χ0n) is 8.66. The summed E-state index contributed by atoms with van der Waals surface area (Å²) in [6, 6.07) is 7.70. The lowest BCUT2D eigenvalue weighted by molar-refractivity contribution is -0.118. The summed E-state index contributed by atoms with van der Waals surface area (Å²) < 4.78 is 0. The molecule has 76 valence electrons. The fraction of sp³-hybridized carbons (Fsp3) is 0.364. The number of anilines is 1. The van der Waals surface area contributed by atoms with Crippen LogP contribution in [0.15, 0.2) is 24.3 Å². The normalized spacial score (nSPS) is 9.93. The molecule has 0 spiro atoms. The zero-order valence-corrected chi connectivity index (χ0v) is 8.66. The highest BCUT2D eigenvalue weighted by Crippen LogP contribution is 2.14. The number of carbonyl (C=O) groups is 1. The van der Waals surface area contributed by atoms with Crippen LogP contribution < -0.4 is 10.6 Å². The van der Waals surface area contributed by atoms with Crippen LogP contribution in [0.1, 0.15) is 18.9 Å². The smallest absolute Gasteiger partial charge is 0.226 e. The van der Waals surface area contributed by atoms with Crippen LogP contribution in [0.2, 0.25) is 0 Å². The molecule has 3 heteroatoms. The maximum Gasteiger partial charge on any atom is 0.226 e. The van der Waals surface area contributed by atoms with Crippen molar-refractivity contribution in [2.45, 2.75) is 19.9 Å². The van der Waals surface area contributed by atoms with Crippen molar-refractivity contribution in [1.82, 2.24) is 0 Å². The van der Waals surface area contributed by atoms with Gasteiger partial charge in [0.15, 0.2) is 0 Å². The Bertz CT molecular complexity index is 306. The van der Waals surface area contributed by atoms with Crippen LogP contribution in [-0.2, 0) is 11.3 Å². The summed E-state index contributed by atoms with van der Waals surface area (Å²) in [5.41, 5.74) is 7.47. The van der Waals surface area contributed by atoms with Crippen LogP contribution in [0, 0.1) is 0 Å². The lowest BCUT2D eigenvalue weighted by Crippen LogP contribution is -2.24. The van der Waals surface area contributed by atoms with Crippen molar-refractivity contribution in [3.8, 4) is 0 Å². The molecule has 0 aliphatic carbocycles. The van der Waals surface area contributed by atoms with Crippen LogP contribution in [0.5, 0.6) is 0 Å². The summed E-state index contributed by atoms with van der Waals surface area (Å²) in [4.78, 5) is 13.0. The predicted octanol–water partition coefficient (Wildman–Crippen LogP) is 1.52. The van der Waals surface area contributed by atoms with Crippen LogP contribution in [0.4, 0.5) is 5.69 Å². The van der Waals surface area contributed by atoms with Gasteiger partial charge in [0.25, 0.3) is 0 Å². The first kappa shape index (κ1) is 10.7. The second-order valence-electron chi connectivity index (χ2n) is 3.18. The standard InChI is InChI=1S/C11H16N2O/c1-3-11(14)13(2)10-6-4-9(8-12)5-7-10/h4-7H,3,8,12H2,1-2H3. The highest BCUT2D eigenvalue weighted by atomic mass is 16.2. The van der Waals surface area contributed by atoms with Crippen molar-refractivity contribution in [3.63, 3.8) is 0 Å². The van der Waals surface area contributed by atoms with Gasteiger partial charge in [0.1, 0.15) is 0 Å². The van der Waals surface area contributed by atoms with E-state index in [0.717, 1.165) is 11.3 Å². The Labute approximate surface area is 84.5 Å². The molecular formula is C11H16N2O. The van der Waals surface area contributed by atoms with E-state index in [4.69, 9.17) is 5.73 Å². The van der Waals surface area contributed by atoms with Crippen LogP contribution in [0.3, 0.4) is 0 Å². The summed E-state index contributed by atoms with van der Waals surface area (Å²) >= 11 is 0. The third kappa shape index (κ3) is 2.33. The Morgan fingerprint density at radius 1 is 1.36 bits per heavy atom. The Kier molecular flexibility index (Phi) is 3.65. The molecule has 0 aliphatic heterocycles. The second kappa shape index (κ2) is 4.77. The van der Waals surface area contributed by atoms with Gasteiger partial charge < -0.3 is 10.6 Å². The van der Waals surface area contributed by atoms with Gasteiger partial charge in [-0.15, -0.1) is 0 Å². The largest absolute Gasteiger partial charge is 0.326 e. The summed E-state index contributed by atoms with van der Waals surface area (Å²) in [6.45, 7) is 2.39. The number of nitrogens with two attached hydrogens (primary N) is 1. The number of hydrogen-bond acceptors (Lipinski definition) is 2. The van der Waals surface area contributed by atoms with Crippen molar-refractivity contribution in [1.29, 1.82) is 0 Å². The average molecular weight is 192 g/mol. The van der Waals surface area contributed by atoms with E-state index in [2.05, 4.69) is 0 Å². The Balaban J connectivity index is 2.81. The molecule has 1 aromatic carbocycles. The molecule has 0 heterocycles. The molecule has 0 unspecified atom stereocenters. The van der Waals surface area contributed by atoms with Crippen LogP contribution in [-0.4, -0.2) is 13.0 Å². The first-order chi connectivity index (χ1) is 6.69. The minimum absolute atomic E-state index is 0.116. The quantitative estimate of drug-likeness (QED) is 0.789. The van der Waals surface area contributed by atoms with Gasteiger partial charge in [-0.1, -0.05) is 19.1 Å². The van der Waals surface area contributed by atoms with Gasteiger partial charge in [0.2, 0.25) is 5.91 Å². The Morgan fingerprint density at radius 2 is 1.93 bits per heavy atom. The third-order valence-electron chi connectivity index (χ3n) is 2.24. The molecule has 0 aliphatic rings. The molecule has 14 heavy (non-hydrogen) atoms. The molecule has 0 fully saturated rings. The molecule has 1 aromatic rings. The van der Waals surface area contributed by atoms with Crippen molar-refractivity contribution < 1.29 is 4.79 Å². The molecule has 0 saturated heterocycles. The molecule has 3 nitrogen and oxygen atoms in total. The summed E-state index contributed by atoms with van der Waals surface area (Å²) in [7, 11) is 1.78. The fourth-order valence-corrected chi connectivity index (χ4v) is 1.24. The number of nitrogens with zero attached hydrogens (tertiary/aromatic N) is 1. The van der Waals surface area contributed by atoms with E-state index in [1.807, 2.05) is 31.2 Å². The van der Waals surface area contributed by atoms with E-state index in [1.54, 1.807) is 11.9 Å². The number of benzene rings is 1. The Hall–Kier alpha value is -1.35. The summed E-state index contributed by atoms with van der Waals surface area (Å²) in [5, 5.41) is 0. The van der Waals surface area contributed by atoms with Crippen LogP contribution >= 0.6 is 0 Å². The van der Waals surface area contributed by atoms with Crippen molar-refractivity contribution in [2.24, 2.45) is 5.73 Å². The number of carbonyl (C=O) groups excluding carboxylic acids is 1. The van der Waals surface area contributed by atoms with E-state index >= 15 is 0 Å². The van der Waals surface area contributed by atoms with Gasteiger partial charge in [-0.3, -0.25) is 4.79 Å². The van der Waals surface area contributed by atoms with E-state index in [1.165, 1.54) is 0 Å². The minimum Gasteiger partial charge on any atom is -0.326 e. The lowest BCUT2D eigenvalue weighted by Gasteiger charge is -2.16. The van der Waals surface area contributed by atoms with Gasteiger partial charge in [-0.25, -0.2) is 0 Å². The first-order valence-electron chi connectivity index (χ1n) is 4.74. The average Bonchev–Trinajstić information content (AvgIpc) is 2.27. The van der Waals surface area contributed by atoms with Gasteiger partial charge in [-0.2, -0.15) is 0 Å². The molecule has 0 atom stereocenters. The monoisotopic (exact) mass is 192 g/mol. The van der Waals surface area contributed by atoms with Gasteiger partial charge in [0, 0.05) is 25.7 Å². The highest BCUT2D eigenvalue weighted by molar-refractivity contribution is 5.92. The molecule has 1 amide bonds. The van der Waals surface area contributed by atoms with Gasteiger partial charge >= 0.3 is 0 Å². The van der Waals surface area contributed by atoms with E-state index in [-0.39, 0.29) is 5.91 Å². The summed E-state index contributed by atoms with van der Waals surface area (Å²) in [6.07, 6.45) is 0.523. The third-order valence-corrected chi connectivity index (χ3v) is 2.24. The molecule has 0 bridgehead atoms. The first-order valence-corrected chi connectivity index (χ1v) is 4.74. The molecule has 2 N–H and O–H groups in total. The number of rotatable bonds is 3. The van der Waals surface area contributed by atoms with Crippen LogP contribution in [0.25, 0.3) is 0 Å². The number of amides is 1. The predicted molar refractivity (Wildman–Crippen MR) is 58.0 cm³/mol. The molecule has 1 rings (SSSR count). The minimum atomic E-state index is 0.116.